The maximum Gasteiger partial charge on any atom is 0.316 e. The van der Waals surface area contributed by atoms with Crippen molar-refractivity contribution < 1.29 is 23.2 Å². The van der Waals surface area contributed by atoms with Crippen molar-refractivity contribution in [3.05, 3.63) is 76.2 Å². The average molecular weight is 427 g/mol. The van der Waals surface area contributed by atoms with Crippen molar-refractivity contribution >= 4 is 11.6 Å². The van der Waals surface area contributed by atoms with Gasteiger partial charge in [-0.15, -0.1) is 0 Å². The van der Waals surface area contributed by atoms with E-state index < -0.39 is 16.6 Å². The largest absolute Gasteiger partial charge is 0.456 e. The number of hydrogen-bond donors (Lipinski definition) is 0. The third kappa shape index (κ3) is 4.44. The summed E-state index contributed by atoms with van der Waals surface area (Å²) in [6.45, 7) is 0.550. The first-order chi connectivity index (χ1) is 14.9. The molecule has 0 saturated carbocycles. The number of nitrogens with zero attached hydrogens (tertiary/aromatic N) is 5. The molecule has 31 heavy (non-hydrogen) atoms. The summed E-state index contributed by atoms with van der Waals surface area (Å²) in [7, 11) is 0. The van der Waals surface area contributed by atoms with Crippen LogP contribution in [0.3, 0.4) is 0 Å². The third-order valence-corrected chi connectivity index (χ3v) is 4.69. The predicted octanol–water partition coefficient (Wildman–Crippen LogP) is 2.56. The number of halogens is 2. The van der Waals surface area contributed by atoms with Crippen molar-refractivity contribution in [3.8, 4) is 17.3 Å². The number of carbonyl (C=O) groups excluding carboxylic acids is 1. The Bertz CT molecular complexity index is 1140. The SMILES string of the molecule is O=C(Cc1nc(-c2ccc(F)cc2F)ccc1[N+](=O)[O-])N1CC(Oc2ncccn2)C1. The maximum atomic E-state index is 14.1. The van der Waals surface area contributed by atoms with Crippen LogP contribution in [-0.2, 0) is 11.2 Å². The van der Waals surface area contributed by atoms with Gasteiger partial charge in [0, 0.05) is 30.1 Å². The number of likely N-dealkylation sites (tertiary alicyclic amines) is 1. The van der Waals surface area contributed by atoms with Crippen molar-refractivity contribution in [2.75, 3.05) is 13.1 Å². The van der Waals surface area contributed by atoms with Crippen molar-refractivity contribution in [3.63, 3.8) is 0 Å². The molecule has 0 unspecified atom stereocenters. The Kier molecular flexibility index (Phi) is 5.48. The van der Waals surface area contributed by atoms with Gasteiger partial charge in [0.15, 0.2) is 0 Å². The zero-order valence-electron chi connectivity index (χ0n) is 15.9. The van der Waals surface area contributed by atoms with Gasteiger partial charge in [0.2, 0.25) is 5.91 Å². The molecule has 9 nitrogen and oxygen atoms in total. The van der Waals surface area contributed by atoms with Crippen molar-refractivity contribution in [2.45, 2.75) is 12.5 Å². The van der Waals surface area contributed by atoms with Crippen LogP contribution in [0.1, 0.15) is 5.69 Å². The van der Waals surface area contributed by atoms with Gasteiger partial charge in [-0.25, -0.2) is 23.7 Å². The highest BCUT2D eigenvalue weighted by molar-refractivity contribution is 5.80. The standard InChI is InChI=1S/C20H15F2N5O4/c21-12-2-3-14(15(22)8-12)16-4-5-18(27(29)30)17(25-16)9-19(28)26-10-13(11-26)31-20-23-6-1-7-24-20/h1-8,13H,9-11H2. The van der Waals surface area contributed by atoms with E-state index in [0.29, 0.717) is 6.07 Å². The maximum absolute atomic E-state index is 14.1. The molecule has 0 aliphatic carbocycles. The minimum absolute atomic E-state index is 0.0229. The summed E-state index contributed by atoms with van der Waals surface area (Å²) >= 11 is 0. The van der Waals surface area contributed by atoms with Gasteiger partial charge in [0.05, 0.1) is 30.1 Å². The quantitative estimate of drug-likeness (QED) is 0.439. The second-order valence-corrected chi connectivity index (χ2v) is 6.79. The van der Waals surface area contributed by atoms with Gasteiger partial charge < -0.3 is 9.64 Å². The highest BCUT2D eigenvalue weighted by Gasteiger charge is 2.34. The number of ether oxygens (including phenoxy) is 1. The molecule has 4 rings (SSSR count). The lowest BCUT2D eigenvalue weighted by Crippen LogP contribution is -2.56. The van der Waals surface area contributed by atoms with Gasteiger partial charge in [-0.2, -0.15) is 0 Å². The minimum atomic E-state index is -0.857. The molecule has 158 valence electrons. The fourth-order valence-electron chi connectivity index (χ4n) is 3.10. The number of hydrogen-bond acceptors (Lipinski definition) is 7. The molecule has 0 bridgehead atoms. The summed E-state index contributed by atoms with van der Waals surface area (Å²) in [5, 5.41) is 11.4. The van der Waals surface area contributed by atoms with E-state index in [4.69, 9.17) is 4.74 Å². The first kappa shape index (κ1) is 20.3. The average Bonchev–Trinajstić information content (AvgIpc) is 2.71. The molecular weight excluding hydrogens is 412 g/mol. The molecule has 1 aliphatic rings. The Morgan fingerprint density at radius 3 is 2.61 bits per heavy atom. The molecule has 1 fully saturated rings. The van der Waals surface area contributed by atoms with Gasteiger partial charge >= 0.3 is 6.01 Å². The fourth-order valence-corrected chi connectivity index (χ4v) is 3.10. The van der Waals surface area contributed by atoms with Gasteiger partial charge in [-0.3, -0.25) is 14.9 Å². The fraction of sp³-hybridized carbons (Fsp3) is 0.200. The summed E-state index contributed by atoms with van der Waals surface area (Å²) in [5.41, 5.74) is -0.417. The minimum Gasteiger partial charge on any atom is -0.456 e. The molecule has 3 aromatic rings. The van der Waals surface area contributed by atoms with Crippen LogP contribution < -0.4 is 4.74 Å². The lowest BCUT2D eigenvalue weighted by atomic mass is 10.1. The first-order valence-electron chi connectivity index (χ1n) is 9.22. The number of aromatic nitrogens is 3. The van der Waals surface area contributed by atoms with E-state index >= 15 is 0 Å². The van der Waals surface area contributed by atoms with E-state index in [1.54, 1.807) is 6.07 Å². The number of amides is 1. The Hall–Kier alpha value is -4.02. The summed E-state index contributed by atoms with van der Waals surface area (Å²) in [5.74, 6) is -2.00. The number of carbonyl (C=O) groups is 1. The van der Waals surface area contributed by atoms with Crippen LogP contribution in [0.5, 0.6) is 6.01 Å². The van der Waals surface area contributed by atoms with Crippen molar-refractivity contribution in [2.24, 2.45) is 0 Å². The molecule has 0 radical (unpaired) electrons. The van der Waals surface area contributed by atoms with Crippen LogP contribution in [-0.4, -0.2) is 49.9 Å². The first-order valence-corrected chi connectivity index (χ1v) is 9.22. The summed E-state index contributed by atoms with van der Waals surface area (Å²) in [6, 6.07) is 7.20. The molecule has 1 amide bonds. The molecule has 0 spiro atoms. The van der Waals surface area contributed by atoms with Crippen LogP contribution >= 0.6 is 0 Å². The Labute approximate surface area is 174 Å². The molecule has 1 saturated heterocycles. The van der Waals surface area contributed by atoms with E-state index in [0.717, 1.165) is 12.1 Å². The zero-order valence-corrected chi connectivity index (χ0v) is 15.9. The van der Waals surface area contributed by atoms with Gasteiger partial charge in [0.1, 0.15) is 23.4 Å². The van der Waals surface area contributed by atoms with Gasteiger partial charge in [-0.05, 0) is 24.3 Å². The van der Waals surface area contributed by atoms with E-state index in [1.165, 1.54) is 29.4 Å². The second-order valence-electron chi connectivity index (χ2n) is 6.79. The Morgan fingerprint density at radius 1 is 1.19 bits per heavy atom. The van der Waals surface area contributed by atoms with Crippen molar-refractivity contribution in [1.29, 1.82) is 0 Å². The number of pyridine rings is 1. The van der Waals surface area contributed by atoms with E-state index in [1.807, 2.05) is 0 Å². The van der Waals surface area contributed by atoms with E-state index in [9.17, 15) is 23.7 Å². The molecule has 3 heterocycles. The second kappa shape index (κ2) is 8.38. The van der Waals surface area contributed by atoms with Gasteiger partial charge in [0.25, 0.3) is 5.69 Å². The lowest BCUT2D eigenvalue weighted by molar-refractivity contribution is -0.385. The molecular formula is C20H15F2N5O4. The summed E-state index contributed by atoms with van der Waals surface area (Å²) in [4.78, 5) is 36.7. The molecule has 0 atom stereocenters. The molecule has 2 aromatic heterocycles. The highest BCUT2D eigenvalue weighted by atomic mass is 19.1. The molecule has 11 heteroatoms. The van der Waals surface area contributed by atoms with E-state index in [-0.39, 0.29) is 60.2 Å². The number of benzene rings is 1. The molecule has 1 aromatic carbocycles. The van der Waals surface area contributed by atoms with Crippen molar-refractivity contribution in [1.82, 2.24) is 19.9 Å². The molecule has 0 N–H and O–H groups in total. The predicted molar refractivity (Wildman–Crippen MR) is 103 cm³/mol. The van der Waals surface area contributed by atoms with Crippen LogP contribution in [0.25, 0.3) is 11.3 Å². The normalized spacial score (nSPS) is 13.5. The lowest BCUT2D eigenvalue weighted by Gasteiger charge is -2.38. The number of nitro groups is 1. The van der Waals surface area contributed by atoms with Crippen LogP contribution in [0.15, 0.2) is 48.8 Å². The smallest absolute Gasteiger partial charge is 0.316 e. The van der Waals surface area contributed by atoms with E-state index in [2.05, 4.69) is 15.0 Å². The topological polar surface area (TPSA) is 111 Å². The van der Waals surface area contributed by atoms with Crippen LogP contribution in [0.2, 0.25) is 0 Å². The number of rotatable bonds is 6. The Balaban J connectivity index is 1.48. The van der Waals surface area contributed by atoms with Crippen LogP contribution in [0.4, 0.5) is 14.5 Å². The zero-order chi connectivity index (χ0) is 22.0. The molecule has 1 aliphatic heterocycles. The monoisotopic (exact) mass is 427 g/mol. The Morgan fingerprint density at radius 2 is 1.94 bits per heavy atom. The summed E-state index contributed by atoms with van der Waals surface area (Å²) in [6.07, 6.45) is 2.44. The van der Waals surface area contributed by atoms with Crippen LogP contribution in [0, 0.1) is 21.7 Å². The van der Waals surface area contributed by atoms with Gasteiger partial charge in [-0.1, -0.05) is 0 Å². The highest BCUT2D eigenvalue weighted by Crippen LogP contribution is 2.27. The summed E-state index contributed by atoms with van der Waals surface area (Å²) < 4.78 is 32.8. The third-order valence-electron chi connectivity index (χ3n) is 4.69.